The fraction of sp³-hybridized carbons (Fsp3) is 0.231. The molecule has 2 rings (SSSR count). The maximum Gasteiger partial charge on any atom is 0.161 e. The zero-order valence-electron chi connectivity index (χ0n) is 10.3. The lowest BCUT2D eigenvalue weighted by Gasteiger charge is -2.08. The predicted octanol–water partition coefficient (Wildman–Crippen LogP) is 5.14. The Morgan fingerprint density at radius 3 is 2.74 bits per heavy atom. The van der Waals surface area contributed by atoms with Crippen LogP contribution in [0.5, 0.6) is 0 Å². The number of benzene rings is 1. The Kier molecular flexibility index (Phi) is 5.19. The number of hydrogen-bond donors (Lipinski definition) is 1. The molecule has 6 heteroatoms. The minimum Gasteiger partial charge on any atom is -0.369 e. The molecule has 1 heterocycles. The molecule has 3 nitrogen and oxygen atoms in total. The number of rotatable bonds is 4. The van der Waals surface area contributed by atoms with E-state index in [4.69, 9.17) is 11.6 Å². The van der Waals surface area contributed by atoms with Gasteiger partial charge in [-0.1, -0.05) is 18.5 Å². The summed E-state index contributed by atoms with van der Waals surface area (Å²) in [5.74, 6) is 1.45. The summed E-state index contributed by atoms with van der Waals surface area (Å²) in [5.41, 5.74) is 0.889. The summed E-state index contributed by atoms with van der Waals surface area (Å²) in [6.45, 7) is 2.98. The molecular weight excluding hydrogens is 393 g/mol. The SMILES string of the molecule is CCCNc1nc(-c2ccc(Br)c(Cl)c2)ncc1Br. The number of nitrogens with zero attached hydrogens (tertiary/aromatic N) is 2. The van der Waals surface area contributed by atoms with E-state index in [1.165, 1.54) is 0 Å². The van der Waals surface area contributed by atoms with Crippen molar-refractivity contribution in [3.63, 3.8) is 0 Å². The quantitative estimate of drug-likeness (QED) is 0.765. The van der Waals surface area contributed by atoms with E-state index < -0.39 is 0 Å². The van der Waals surface area contributed by atoms with Crippen molar-refractivity contribution in [1.82, 2.24) is 9.97 Å². The van der Waals surface area contributed by atoms with Crippen LogP contribution in [0.15, 0.2) is 33.3 Å². The lowest BCUT2D eigenvalue weighted by atomic mass is 10.2. The van der Waals surface area contributed by atoms with Crippen molar-refractivity contribution in [2.75, 3.05) is 11.9 Å². The minimum atomic E-state index is 0.645. The Bertz CT molecular complexity index is 590. The van der Waals surface area contributed by atoms with E-state index in [1.807, 2.05) is 18.2 Å². The van der Waals surface area contributed by atoms with Crippen LogP contribution in [0.4, 0.5) is 5.82 Å². The van der Waals surface area contributed by atoms with Gasteiger partial charge in [-0.15, -0.1) is 0 Å². The third kappa shape index (κ3) is 3.68. The van der Waals surface area contributed by atoms with Gasteiger partial charge in [0.15, 0.2) is 5.82 Å². The van der Waals surface area contributed by atoms with E-state index in [9.17, 15) is 0 Å². The molecule has 0 saturated heterocycles. The Labute approximate surface area is 134 Å². The normalized spacial score (nSPS) is 10.5. The molecule has 0 amide bonds. The molecule has 1 aromatic carbocycles. The van der Waals surface area contributed by atoms with Gasteiger partial charge in [0.2, 0.25) is 0 Å². The van der Waals surface area contributed by atoms with Gasteiger partial charge in [0.25, 0.3) is 0 Å². The first-order valence-electron chi connectivity index (χ1n) is 5.83. The maximum atomic E-state index is 6.09. The second-order valence-corrected chi connectivity index (χ2v) is 6.06. The van der Waals surface area contributed by atoms with Gasteiger partial charge in [-0.05, 0) is 56.5 Å². The summed E-state index contributed by atoms with van der Waals surface area (Å²) in [4.78, 5) is 8.82. The molecule has 1 N–H and O–H groups in total. The third-order valence-corrected chi connectivity index (χ3v) is 4.28. The van der Waals surface area contributed by atoms with Crippen LogP contribution in [0.2, 0.25) is 5.02 Å². The van der Waals surface area contributed by atoms with Gasteiger partial charge in [0, 0.05) is 22.8 Å². The van der Waals surface area contributed by atoms with Crippen molar-refractivity contribution in [3.05, 3.63) is 38.4 Å². The second-order valence-electron chi connectivity index (χ2n) is 3.95. The minimum absolute atomic E-state index is 0.645. The molecule has 0 bridgehead atoms. The van der Waals surface area contributed by atoms with E-state index in [-0.39, 0.29) is 0 Å². The van der Waals surface area contributed by atoms with Crippen LogP contribution in [-0.2, 0) is 0 Å². The summed E-state index contributed by atoms with van der Waals surface area (Å²) in [6, 6.07) is 5.67. The molecule has 0 atom stereocenters. The highest BCUT2D eigenvalue weighted by molar-refractivity contribution is 9.11. The van der Waals surface area contributed by atoms with Gasteiger partial charge in [0.1, 0.15) is 5.82 Å². The van der Waals surface area contributed by atoms with E-state index >= 15 is 0 Å². The van der Waals surface area contributed by atoms with Crippen LogP contribution >= 0.6 is 43.5 Å². The van der Waals surface area contributed by atoms with Crippen molar-refractivity contribution >= 4 is 49.3 Å². The third-order valence-electron chi connectivity index (χ3n) is 2.46. The number of hydrogen-bond acceptors (Lipinski definition) is 3. The van der Waals surface area contributed by atoms with Crippen molar-refractivity contribution in [2.45, 2.75) is 13.3 Å². The van der Waals surface area contributed by atoms with Gasteiger partial charge in [0.05, 0.1) is 9.50 Å². The van der Waals surface area contributed by atoms with E-state index in [2.05, 4.69) is 54.1 Å². The van der Waals surface area contributed by atoms with Crippen LogP contribution < -0.4 is 5.32 Å². The molecular formula is C13H12Br2ClN3. The monoisotopic (exact) mass is 403 g/mol. The summed E-state index contributed by atoms with van der Waals surface area (Å²) in [5, 5.41) is 3.90. The van der Waals surface area contributed by atoms with Gasteiger partial charge in [-0.3, -0.25) is 0 Å². The summed E-state index contributed by atoms with van der Waals surface area (Å²) < 4.78 is 1.72. The van der Waals surface area contributed by atoms with Gasteiger partial charge >= 0.3 is 0 Å². The van der Waals surface area contributed by atoms with Crippen molar-refractivity contribution in [2.24, 2.45) is 0 Å². The molecule has 0 unspecified atom stereocenters. The molecule has 0 aliphatic carbocycles. The first kappa shape index (κ1) is 14.8. The summed E-state index contributed by atoms with van der Waals surface area (Å²) in [6.07, 6.45) is 2.78. The molecule has 19 heavy (non-hydrogen) atoms. The highest BCUT2D eigenvalue weighted by Crippen LogP contribution is 2.29. The number of nitrogens with one attached hydrogen (secondary N) is 1. The van der Waals surface area contributed by atoms with Gasteiger partial charge in [-0.25, -0.2) is 9.97 Å². The van der Waals surface area contributed by atoms with Crippen molar-refractivity contribution in [1.29, 1.82) is 0 Å². The molecule has 0 fully saturated rings. The zero-order chi connectivity index (χ0) is 13.8. The lowest BCUT2D eigenvalue weighted by Crippen LogP contribution is -2.04. The molecule has 0 aliphatic heterocycles. The highest BCUT2D eigenvalue weighted by atomic mass is 79.9. The Morgan fingerprint density at radius 2 is 2.05 bits per heavy atom. The first-order chi connectivity index (χ1) is 9.11. The Morgan fingerprint density at radius 1 is 1.26 bits per heavy atom. The van der Waals surface area contributed by atoms with E-state index in [1.54, 1.807) is 6.20 Å². The number of halogens is 3. The smallest absolute Gasteiger partial charge is 0.161 e. The standard InChI is InChI=1S/C13H12Br2ClN3/c1-2-5-17-13-10(15)7-18-12(19-13)8-3-4-9(14)11(16)6-8/h3-4,6-7H,2,5H2,1H3,(H,17,18,19). The van der Waals surface area contributed by atoms with Crippen LogP contribution in [0.1, 0.15) is 13.3 Å². The number of aromatic nitrogens is 2. The van der Waals surface area contributed by atoms with Crippen LogP contribution in [0, 0.1) is 0 Å². The topological polar surface area (TPSA) is 37.8 Å². The Hall–Kier alpha value is -0.650. The molecule has 0 spiro atoms. The average Bonchev–Trinajstić information content (AvgIpc) is 2.41. The van der Waals surface area contributed by atoms with Crippen molar-refractivity contribution in [3.8, 4) is 11.4 Å². The van der Waals surface area contributed by atoms with Crippen molar-refractivity contribution < 1.29 is 0 Å². The number of anilines is 1. The fourth-order valence-corrected chi connectivity index (χ4v) is 2.27. The van der Waals surface area contributed by atoms with Gasteiger partial charge in [-0.2, -0.15) is 0 Å². The van der Waals surface area contributed by atoms with Crippen LogP contribution in [0.25, 0.3) is 11.4 Å². The molecule has 0 aliphatic rings. The highest BCUT2D eigenvalue weighted by Gasteiger charge is 2.08. The fourth-order valence-electron chi connectivity index (χ4n) is 1.51. The molecule has 0 radical (unpaired) electrons. The van der Waals surface area contributed by atoms with Gasteiger partial charge < -0.3 is 5.32 Å². The molecule has 100 valence electrons. The molecule has 1 aromatic heterocycles. The summed E-state index contributed by atoms with van der Waals surface area (Å²) >= 11 is 12.9. The molecule has 0 saturated carbocycles. The molecule has 2 aromatic rings. The lowest BCUT2D eigenvalue weighted by molar-refractivity contribution is 0.963. The van der Waals surface area contributed by atoms with E-state index in [0.29, 0.717) is 10.8 Å². The van der Waals surface area contributed by atoms with E-state index in [0.717, 1.165) is 33.3 Å². The van der Waals surface area contributed by atoms with Crippen LogP contribution in [0.3, 0.4) is 0 Å². The maximum absolute atomic E-state index is 6.09. The first-order valence-corrected chi connectivity index (χ1v) is 7.80. The Balaban J connectivity index is 2.36. The second kappa shape index (κ2) is 6.68. The van der Waals surface area contributed by atoms with Crippen LogP contribution in [-0.4, -0.2) is 16.5 Å². The largest absolute Gasteiger partial charge is 0.369 e. The zero-order valence-corrected chi connectivity index (χ0v) is 14.2. The predicted molar refractivity (Wildman–Crippen MR) is 86.7 cm³/mol. The summed E-state index contributed by atoms with van der Waals surface area (Å²) in [7, 11) is 0. The average molecular weight is 406 g/mol.